The van der Waals surface area contributed by atoms with E-state index in [0.29, 0.717) is 19.4 Å². The number of hydrogen-bond acceptors (Lipinski definition) is 2. The lowest BCUT2D eigenvalue weighted by Gasteiger charge is -2.13. The molecule has 2 amide bonds. The Morgan fingerprint density at radius 3 is 2.79 bits per heavy atom. The minimum atomic E-state index is -0.345. The molecule has 1 fully saturated rings. The van der Waals surface area contributed by atoms with Crippen molar-refractivity contribution in [3.63, 3.8) is 0 Å². The molecule has 1 unspecified atom stereocenters. The predicted molar refractivity (Wildman–Crippen MR) is 73.8 cm³/mol. The molecule has 0 bridgehead atoms. The molecule has 0 aromatic heterocycles. The number of carbonyl (C=O) groups excluding carboxylic acids is 2. The summed E-state index contributed by atoms with van der Waals surface area (Å²) in [6, 6.07) is 5.73. The molecule has 0 spiro atoms. The fourth-order valence-corrected chi connectivity index (χ4v) is 2.37. The summed E-state index contributed by atoms with van der Waals surface area (Å²) in [6.45, 7) is 4.72. The van der Waals surface area contributed by atoms with Gasteiger partial charge in [-0.25, -0.2) is 0 Å². The van der Waals surface area contributed by atoms with Gasteiger partial charge in [0.15, 0.2) is 0 Å². The van der Waals surface area contributed by atoms with Crippen molar-refractivity contribution >= 4 is 11.8 Å². The van der Waals surface area contributed by atoms with Crippen LogP contribution in [0.15, 0.2) is 18.2 Å². The first-order valence-corrected chi connectivity index (χ1v) is 6.58. The number of nitrogens with one attached hydrogen (secondary N) is 1. The van der Waals surface area contributed by atoms with Gasteiger partial charge in [-0.2, -0.15) is 0 Å². The van der Waals surface area contributed by atoms with Gasteiger partial charge in [0, 0.05) is 13.6 Å². The summed E-state index contributed by atoms with van der Waals surface area (Å²) in [5, 5.41) is 2.82. The molecule has 1 aliphatic rings. The highest BCUT2D eigenvalue weighted by atomic mass is 16.2. The Hall–Kier alpha value is -1.84. The Kier molecular flexibility index (Phi) is 3.88. The summed E-state index contributed by atoms with van der Waals surface area (Å²) in [6.07, 6.45) is 1.04. The second-order valence-corrected chi connectivity index (χ2v) is 5.28. The predicted octanol–water partition coefficient (Wildman–Crippen LogP) is 1.19. The molecule has 102 valence electrons. The molecular weight excluding hydrogens is 240 g/mol. The summed E-state index contributed by atoms with van der Waals surface area (Å²) in [5.74, 6) is -0.0725. The number of aryl methyl sites for hydroxylation is 2. The van der Waals surface area contributed by atoms with E-state index < -0.39 is 0 Å². The lowest BCUT2D eigenvalue weighted by atomic mass is 10.0. The zero-order chi connectivity index (χ0) is 14.0. The number of hydrogen-bond donors (Lipinski definition) is 1. The monoisotopic (exact) mass is 260 g/mol. The molecule has 2 rings (SSSR count). The Bertz CT molecular complexity index is 511. The fraction of sp³-hybridized carbons (Fsp3) is 0.467. The number of likely N-dealkylation sites (tertiary alicyclic amines) is 1. The maximum atomic E-state index is 12.0. The van der Waals surface area contributed by atoms with Crippen LogP contribution in [0.25, 0.3) is 0 Å². The first-order valence-electron chi connectivity index (χ1n) is 6.58. The van der Waals surface area contributed by atoms with E-state index in [1.54, 1.807) is 11.9 Å². The van der Waals surface area contributed by atoms with Gasteiger partial charge in [0.1, 0.15) is 6.04 Å². The molecule has 1 N–H and O–H groups in total. The third kappa shape index (κ3) is 3.13. The summed E-state index contributed by atoms with van der Waals surface area (Å²) in [4.78, 5) is 25.4. The van der Waals surface area contributed by atoms with Gasteiger partial charge in [-0.05, 0) is 31.4 Å². The maximum Gasteiger partial charge on any atom is 0.244 e. The van der Waals surface area contributed by atoms with Crippen LogP contribution in [0.3, 0.4) is 0 Å². The van der Waals surface area contributed by atoms with Crippen molar-refractivity contribution in [1.29, 1.82) is 0 Å². The van der Waals surface area contributed by atoms with E-state index in [4.69, 9.17) is 0 Å². The quantitative estimate of drug-likeness (QED) is 0.887. The minimum Gasteiger partial charge on any atom is -0.344 e. The van der Waals surface area contributed by atoms with E-state index in [9.17, 15) is 9.59 Å². The second-order valence-electron chi connectivity index (χ2n) is 5.28. The minimum absolute atomic E-state index is 0.00862. The number of carbonyl (C=O) groups is 2. The van der Waals surface area contributed by atoms with E-state index in [-0.39, 0.29) is 17.9 Å². The topological polar surface area (TPSA) is 49.4 Å². The normalized spacial score (nSPS) is 18.8. The van der Waals surface area contributed by atoms with Crippen molar-refractivity contribution in [1.82, 2.24) is 10.2 Å². The van der Waals surface area contributed by atoms with Crippen molar-refractivity contribution in [2.24, 2.45) is 0 Å². The zero-order valence-electron chi connectivity index (χ0n) is 11.7. The molecule has 1 saturated heterocycles. The summed E-state index contributed by atoms with van der Waals surface area (Å²) < 4.78 is 0. The number of rotatable bonds is 3. The largest absolute Gasteiger partial charge is 0.344 e. The molecule has 4 nitrogen and oxygen atoms in total. The third-order valence-corrected chi connectivity index (χ3v) is 3.62. The van der Waals surface area contributed by atoms with Gasteiger partial charge in [0.05, 0.1) is 6.42 Å². The SMILES string of the molecule is Cc1ccc(C)c(CC(=O)NC2CCN(C)C2=O)c1. The first kappa shape index (κ1) is 13.6. The van der Waals surface area contributed by atoms with Crippen LogP contribution in [0.1, 0.15) is 23.1 Å². The molecule has 1 atom stereocenters. The molecule has 0 radical (unpaired) electrons. The zero-order valence-corrected chi connectivity index (χ0v) is 11.7. The van der Waals surface area contributed by atoms with Gasteiger partial charge in [0.25, 0.3) is 0 Å². The van der Waals surface area contributed by atoms with E-state index in [2.05, 4.69) is 5.32 Å². The highest BCUT2D eigenvalue weighted by Crippen LogP contribution is 2.13. The van der Waals surface area contributed by atoms with Gasteiger partial charge in [0.2, 0.25) is 11.8 Å². The summed E-state index contributed by atoms with van der Waals surface area (Å²) >= 11 is 0. The van der Waals surface area contributed by atoms with Crippen molar-refractivity contribution in [3.8, 4) is 0 Å². The van der Waals surface area contributed by atoms with Crippen molar-refractivity contribution in [2.45, 2.75) is 32.7 Å². The van der Waals surface area contributed by atoms with Gasteiger partial charge in [-0.1, -0.05) is 23.8 Å². The van der Waals surface area contributed by atoms with Crippen LogP contribution >= 0.6 is 0 Å². The molecule has 1 aromatic rings. The van der Waals surface area contributed by atoms with E-state index in [1.165, 1.54) is 0 Å². The molecule has 19 heavy (non-hydrogen) atoms. The average molecular weight is 260 g/mol. The molecule has 0 aliphatic carbocycles. The van der Waals surface area contributed by atoms with Crippen LogP contribution in [0.5, 0.6) is 0 Å². The highest BCUT2D eigenvalue weighted by molar-refractivity contribution is 5.89. The van der Waals surface area contributed by atoms with Crippen LogP contribution in [-0.4, -0.2) is 36.3 Å². The number of amides is 2. The van der Waals surface area contributed by atoms with Crippen molar-refractivity contribution in [2.75, 3.05) is 13.6 Å². The molecule has 4 heteroatoms. The van der Waals surface area contributed by atoms with Crippen LogP contribution < -0.4 is 5.32 Å². The lowest BCUT2D eigenvalue weighted by Crippen LogP contribution is -2.41. The highest BCUT2D eigenvalue weighted by Gasteiger charge is 2.30. The Morgan fingerprint density at radius 2 is 2.16 bits per heavy atom. The molecule has 1 aliphatic heterocycles. The van der Waals surface area contributed by atoms with E-state index in [1.807, 2.05) is 32.0 Å². The van der Waals surface area contributed by atoms with Crippen LogP contribution in [0, 0.1) is 13.8 Å². The van der Waals surface area contributed by atoms with Crippen LogP contribution in [0.4, 0.5) is 0 Å². The van der Waals surface area contributed by atoms with Crippen molar-refractivity contribution < 1.29 is 9.59 Å². The van der Waals surface area contributed by atoms with Gasteiger partial charge < -0.3 is 10.2 Å². The Labute approximate surface area is 113 Å². The van der Waals surface area contributed by atoms with Gasteiger partial charge in [-0.3, -0.25) is 9.59 Å². The fourth-order valence-electron chi connectivity index (χ4n) is 2.37. The maximum absolute atomic E-state index is 12.0. The summed E-state index contributed by atoms with van der Waals surface area (Å²) in [7, 11) is 1.76. The average Bonchev–Trinajstić information content (AvgIpc) is 2.66. The Morgan fingerprint density at radius 1 is 1.42 bits per heavy atom. The van der Waals surface area contributed by atoms with Crippen molar-refractivity contribution in [3.05, 3.63) is 34.9 Å². The van der Waals surface area contributed by atoms with Crippen LogP contribution in [-0.2, 0) is 16.0 Å². The standard InChI is InChI=1S/C15H20N2O2/c1-10-4-5-11(2)12(8-10)9-14(18)16-13-6-7-17(3)15(13)19/h4-5,8,13H,6-7,9H2,1-3H3,(H,16,18). The number of benzene rings is 1. The smallest absolute Gasteiger partial charge is 0.244 e. The lowest BCUT2D eigenvalue weighted by molar-refractivity contribution is -0.131. The molecule has 1 aromatic carbocycles. The second kappa shape index (κ2) is 5.43. The van der Waals surface area contributed by atoms with E-state index >= 15 is 0 Å². The molecule has 0 saturated carbocycles. The van der Waals surface area contributed by atoms with Crippen LogP contribution in [0.2, 0.25) is 0 Å². The number of likely N-dealkylation sites (N-methyl/N-ethyl adjacent to an activating group) is 1. The van der Waals surface area contributed by atoms with E-state index in [0.717, 1.165) is 16.7 Å². The van der Waals surface area contributed by atoms with Gasteiger partial charge >= 0.3 is 0 Å². The van der Waals surface area contributed by atoms with Gasteiger partial charge in [-0.15, -0.1) is 0 Å². The Balaban J connectivity index is 1.98. The molecular formula is C15H20N2O2. The summed E-state index contributed by atoms with van der Waals surface area (Å²) in [5.41, 5.74) is 3.27. The number of nitrogens with zero attached hydrogens (tertiary/aromatic N) is 1. The molecule has 1 heterocycles. The third-order valence-electron chi connectivity index (χ3n) is 3.62. The first-order chi connectivity index (χ1) is 8.97.